The molecule has 2 atom stereocenters. The van der Waals surface area contributed by atoms with Crippen molar-refractivity contribution >= 4 is 17.0 Å². The smallest absolute Gasteiger partial charge is 0.180 e. The lowest BCUT2D eigenvalue weighted by Gasteiger charge is -2.30. The molecule has 0 radical (unpaired) electrons. The molecule has 5 heteroatoms. The number of nitrogens with zero attached hydrogens (tertiary/aromatic N) is 3. The number of aromatic nitrogens is 3. The van der Waals surface area contributed by atoms with Crippen LogP contribution in [0.4, 0.5) is 5.82 Å². The fourth-order valence-corrected chi connectivity index (χ4v) is 3.32. The number of nitrogens with one attached hydrogen (secondary N) is 2. The third-order valence-electron chi connectivity index (χ3n) is 4.16. The highest BCUT2D eigenvalue weighted by Crippen LogP contribution is 2.28. The van der Waals surface area contributed by atoms with Gasteiger partial charge in [-0.25, -0.2) is 9.97 Å². The molecule has 0 saturated carbocycles. The molecule has 0 spiro atoms. The number of hydrogen-bond acceptors (Lipinski definition) is 5. The highest BCUT2D eigenvalue weighted by atomic mass is 15.1. The molecule has 2 aliphatic heterocycles. The largest absolute Gasteiger partial charge is 0.367 e. The van der Waals surface area contributed by atoms with Crippen molar-refractivity contribution in [3.8, 4) is 0 Å². The van der Waals surface area contributed by atoms with Crippen LogP contribution in [0, 0.1) is 0 Å². The first-order valence-electron chi connectivity index (χ1n) is 6.97. The van der Waals surface area contributed by atoms with E-state index in [2.05, 4.69) is 25.6 Å². The topological polar surface area (TPSA) is 62.7 Å². The highest BCUT2D eigenvalue weighted by Gasteiger charge is 2.33. The molecule has 0 aliphatic carbocycles. The van der Waals surface area contributed by atoms with Crippen LogP contribution in [0.5, 0.6) is 0 Å². The number of rotatable bonds is 2. The SMILES string of the molecule is c1cnc2nc(NC3CC4CCC(C3)N4)ccc2n1. The summed E-state index contributed by atoms with van der Waals surface area (Å²) in [5, 5.41) is 7.21. The van der Waals surface area contributed by atoms with Gasteiger partial charge in [-0.15, -0.1) is 0 Å². The highest BCUT2D eigenvalue weighted by molar-refractivity contribution is 5.71. The summed E-state index contributed by atoms with van der Waals surface area (Å²) in [5.41, 5.74) is 1.56. The molecule has 2 N–H and O–H groups in total. The molecule has 2 unspecified atom stereocenters. The van der Waals surface area contributed by atoms with Crippen LogP contribution in [-0.4, -0.2) is 33.1 Å². The Kier molecular flexibility index (Phi) is 2.58. The fourth-order valence-electron chi connectivity index (χ4n) is 3.32. The number of fused-ring (bicyclic) bond motifs is 3. The molecule has 4 rings (SSSR count). The minimum absolute atomic E-state index is 0.528. The first-order chi connectivity index (χ1) is 9.37. The van der Waals surface area contributed by atoms with E-state index in [0.29, 0.717) is 23.8 Å². The third kappa shape index (κ3) is 2.14. The summed E-state index contributed by atoms with van der Waals surface area (Å²) in [6.07, 6.45) is 8.40. The van der Waals surface area contributed by atoms with Crippen LogP contribution < -0.4 is 10.6 Å². The first kappa shape index (κ1) is 11.1. The predicted octanol–water partition coefficient (Wildman–Crippen LogP) is 1.72. The zero-order valence-electron chi connectivity index (χ0n) is 10.7. The maximum atomic E-state index is 4.53. The van der Waals surface area contributed by atoms with Crippen molar-refractivity contribution in [2.24, 2.45) is 0 Å². The minimum Gasteiger partial charge on any atom is -0.367 e. The molecule has 2 fully saturated rings. The Morgan fingerprint density at radius 2 is 1.84 bits per heavy atom. The molecule has 2 aromatic heterocycles. The van der Waals surface area contributed by atoms with Gasteiger partial charge >= 0.3 is 0 Å². The van der Waals surface area contributed by atoms with Gasteiger partial charge in [-0.2, -0.15) is 0 Å². The van der Waals surface area contributed by atoms with E-state index in [1.165, 1.54) is 25.7 Å². The van der Waals surface area contributed by atoms with Crippen molar-refractivity contribution in [1.29, 1.82) is 0 Å². The van der Waals surface area contributed by atoms with Crippen molar-refractivity contribution in [3.63, 3.8) is 0 Å². The Morgan fingerprint density at radius 3 is 2.68 bits per heavy atom. The molecular formula is C14H17N5. The number of anilines is 1. The van der Waals surface area contributed by atoms with Crippen molar-refractivity contribution in [2.45, 2.75) is 43.8 Å². The van der Waals surface area contributed by atoms with Gasteiger partial charge in [0, 0.05) is 30.5 Å². The van der Waals surface area contributed by atoms with Crippen LogP contribution in [0.2, 0.25) is 0 Å². The van der Waals surface area contributed by atoms with Crippen LogP contribution in [0.1, 0.15) is 25.7 Å². The van der Waals surface area contributed by atoms with Gasteiger partial charge in [-0.1, -0.05) is 0 Å². The van der Waals surface area contributed by atoms with E-state index in [0.717, 1.165) is 11.3 Å². The molecule has 5 nitrogen and oxygen atoms in total. The van der Waals surface area contributed by atoms with Crippen molar-refractivity contribution < 1.29 is 0 Å². The third-order valence-corrected chi connectivity index (χ3v) is 4.16. The standard InChI is InChI=1S/C14H17N5/c1-2-10-8-11(7-9(1)17-10)18-13-4-3-12-14(19-13)16-6-5-15-12/h3-6,9-11,17H,1-2,7-8H2,(H,16,18,19). The average Bonchev–Trinajstić information content (AvgIpc) is 2.78. The minimum atomic E-state index is 0.528. The molecule has 19 heavy (non-hydrogen) atoms. The van der Waals surface area contributed by atoms with Gasteiger partial charge in [0.15, 0.2) is 5.65 Å². The summed E-state index contributed by atoms with van der Waals surface area (Å²) in [4.78, 5) is 13.0. The summed E-state index contributed by atoms with van der Waals surface area (Å²) in [6.45, 7) is 0. The van der Waals surface area contributed by atoms with E-state index in [4.69, 9.17) is 0 Å². The van der Waals surface area contributed by atoms with Crippen molar-refractivity contribution in [2.75, 3.05) is 5.32 Å². The lowest BCUT2D eigenvalue weighted by Crippen LogP contribution is -2.43. The van der Waals surface area contributed by atoms with E-state index in [1.807, 2.05) is 12.1 Å². The second-order valence-corrected chi connectivity index (χ2v) is 5.55. The zero-order chi connectivity index (χ0) is 12.7. The Balaban J connectivity index is 1.54. The Labute approximate surface area is 111 Å². The van der Waals surface area contributed by atoms with Gasteiger partial charge in [-0.05, 0) is 37.8 Å². The quantitative estimate of drug-likeness (QED) is 0.855. The van der Waals surface area contributed by atoms with Crippen LogP contribution in [-0.2, 0) is 0 Å². The molecule has 2 bridgehead atoms. The van der Waals surface area contributed by atoms with E-state index in [1.54, 1.807) is 12.4 Å². The van der Waals surface area contributed by atoms with Gasteiger partial charge in [-0.3, -0.25) is 4.98 Å². The Morgan fingerprint density at radius 1 is 1.05 bits per heavy atom. The maximum absolute atomic E-state index is 4.53. The number of piperidine rings is 1. The van der Waals surface area contributed by atoms with Crippen molar-refractivity contribution in [1.82, 2.24) is 20.3 Å². The van der Waals surface area contributed by atoms with Gasteiger partial charge in [0.25, 0.3) is 0 Å². The van der Waals surface area contributed by atoms with E-state index in [-0.39, 0.29) is 0 Å². The van der Waals surface area contributed by atoms with Crippen LogP contribution >= 0.6 is 0 Å². The van der Waals surface area contributed by atoms with E-state index < -0.39 is 0 Å². The first-order valence-corrected chi connectivity index (χ1v) is 6.97. The Hall–Kier alpha value is -1.75. The second-order valence-electron chi connectivity index (χ2n) is 5.55. The normalized spacial score (nSPS) is 29.6. The zero-order valence-corrected chi connectivity index (χ0v) is 10.7. The lowest BCUT2D eigenvalue weighted by molar-refractivity contribution is 0.377. The van der Waals surface area contributed by atoms with Gasteiger partial charge in [0.2, 0.25) is 0 Å². The van der Waals surface area contributed by atoms with Crippen LogP contribution in [0.3, 0.4) is 0 Å². The molecule has 2 aromatic rings. The second kappa shape index (κ2) is 4.42. The monoisotopic (exact) mass is 255 g/mol. The van der Waals surface area contributed by atoms with Crippen LogP contribution in [0.25, 0.3) is 11.2 Å². The van der Waals surface area contributed by atoms with Crippen molar-refractivity contribution in [3.05, 3.63) is 24.5 Å². The fraction of sp³-hybridized carbons (Fsp3) is 0.500. The number of pyridine rings is 1. The van der Waals surface area contributed by atoms with E-state index in [9.17, 15) is 0 Å². The van der Waals surface area contributed by atoms with Gasteiger partial charge in [0.05, 0.1) is 0 Å². The maximum Gasteiger partial charge on any atom is 0.180 e. The molecule has 0 aromatic carbocycles. The number of hydrogen-bond donors (Lipinski definition) is 2. The average molecular weight is 255 g/mol. The summed E-state index contributed by atoms with van der Waals surface area (Å²) in [7, 11) is 0. The Bertz CT molecular complexity index is 587. The molecular weight excluding hydrogens is 238 g/mol. The molecule has 2 saturated heterocycles. The molecule has 4 heterocycles. The van der Waals surface area contributed by atoms with Crippen LogP contribution in [0.15, 0.2) is 24.5 Å². The predicted molar refractivity (Wildman–Crippen MR) is 73.9 cm³/mol. The van der Waals surface area contributed by atoms with Gasteiger partial charge in [0.1, 0.15) is 11.3 Å². The van der Waals surface area contributed by atoms with Gasteiger partial charge < -0.3 is 10.6 Å². The summed E-state index contributed by atoms with van der Waals surface area (Å²) in [5.74, 6) is 0.916. The summed E-state index contributed by atoms with van der Waals surface area (Å²) >= 11 is 0. The summed E-state index contributed by atoms with van der Waals surface area (Å²) in [6, 6.07) is 5.89. The molecule has 0 amide bonds. The summed E-state index contributed by atoms with van der Waals surface area (Å²) < 4.78 is 0. The lowest BCUT2D eigenvalue weighted by atomic mass is 10.00. The molecule has 2 aliphatic rings. The molecule has 98 valence electrons. The van der Waals surface area contributed by atoms with E-state index >= 15 is 0 Å².